The topological polar surface area (TPSA) is 56.3 Å². The lowest BCUT2D eigenvalue weighted by molar-refractivity contribution is 0.475. The summed E-state index contributed by atoms with van der Waals surface area (Å²) in [5.74, 6) is 1.95. The summed E-state index contributed by atoms with van der Waals surface area (Å²) in [4.78, 5) is 14.5. The van der Waals surface area contributed by atoms with Crippen molar-refractivity contribution in [1.29, 1.82) is 0 Å². The molecule has 0 atom stereocenters. The summed E-state index contributed by atoms with van der Waals surface area (Å²) in [6.45, 7) is 3.81. The predicted molar refractivity (Wildman–Crippen MR) is 124 cm³/mol. The minimum absolute atomic E-state index is 0. The lowest BCUT2D eigenvalue weighted by atomic mass is 10.1. The molecule has 0 saturated heterocycles. The number of aromatic nitrogens is 2. The lowest BCUT2D eigenvalue weighted by Crippen LogP contribution is -2.39. The number of guanidine groups is 1. The molecule has 3 rings (SSSR count). The van der Waals surface area contributed by atoms with E-state index in [1.165, 1.54) is 11.1 Å². The van der Waals surface area contributed by atoms with Gasteiger partial charge >= 0.3 is 0 Å². The highest BCUT2D eigenvalue weighted by atomic mass is 127. The number of hydrogen-bond donors (Lipinski definition) is 2. The number of hydrogen-bond acceptors (Lipinski definition) is 2. The number of aromatic amines is 1. The van der Waals surface area contributed by atoms with Crippen molar-refractivity contribution in [2.75, 3.05) is 20.6 Å². The number of nitrogens with one attached hydrogen (secondary N) is 2. The Morgan fingerprint density at radius 3 is 2.59 bits per heavy atom. The van der Waals surface area contributed by atoms with Gasteiger partial charge in [0.05, 0.1) is 11.0 Å². The third-order valence-corrected chi connectivity index (χ3v) is 4.43. The average Bonchev–Trinajstić information content (AvgIpc) is 3.06. The van der Waals surface area contributed by atoms with Gasteiger partial charge in [0.1, 0.15) is 5.82 Å². The van der Waals surface area contributed by atoms with Gasteiger partial charge in [-0.3, -0.25) is 4.99 Å². The van der Waals surface area contributed by atoms with Crippen LogP contribution >= 0.6 is 24.0 Å². The van der Waals surface area contributed by atoms with Gasteiger partial charge in [-0.2, -0.15) is 0 Å². The molecule has 144 valence electrons. The van der Waals surface area contributed by atoms with E-state index < -0.39 is 0 Å². The Morgan fingerprint density at radius 1 is 1.15 bits per heavy atom. The first kappa shape index (κ1) is 21.2. The van der Waals surface area contributed by atoms with Crippen LogP contribution in [0.15, 0.2) is 53.5 Å². The number of para-hydroxylation sites is 2. The zero-order valence-electron chi connectivity index (χ0n) is 16.2. The summed E-state index contributed by atoms with van der Waals surface area (Å²) < 4.78 is 0. The summed E-state index contributed by atoms with van der Waals surface area (Å²) in [5.41, 5.74) is 4.70. The van der Waals surface area contributed by atoms with Crippen LogP contribution in [-0.2, 0) is 13.0 Å². The molecule has 0 spiro atoms. The average molecular weight is 477 g/mol. The van der Waals surface area contributed by atoms with Crippen LogP contribution in [0.3, 0.4) is 0 Å². The van der Waals surface area contributed by atoms with Crippen molar-refractivity contribution in [2.45, 2.75) is 26.3 Å². The number of rotatable bonds is 6. The van der Waals surface area contributed by atoms with E-state index in [2.05, 4.69) is 69.5 Å². The van der Waals surface area contributed by atoms with Crippen LogP contribution in [0.2, 0.25) is 0 Å². The minimum Gasteiger partial charge on any atom is -0.356 e. The monoisotopic (exact) mass is 477 g/mol. The molecule has 0 aliphatic rings. The fourth-order valence-corrected chi connectivity index (χ4v) is 3.01. The molecule has 0 aliphatic carbocycles. The first-order valence-corrected chi connectivity index (χ1v) is 9.06. The van der Waals surface area contributed by atoms with Gasteiger partial charge in [-0.25, -0.2) is 4.98 Å². The number of imidazole rings is 1. The zero-order chi connectivity index (χ0) is 18.4. The van der Waals surface area contributed by atoms with E-state index in [1.807, 2.05) is 25.2 Å². The molecule has 1 heterocycles. The molecule has 0 amide bonds. The second-order valence-electron chi connectivity index (χ2n) is 6.62. The molecule has 2 aromatic carbocycles. The van der Waals surface area contributed by atoms with Gasteiger partial charge in [0.2, 0.25) is 0 Å². The van der Waals surface area contributed by atoms with E-state index in [9.17, 15) is 0 Å². The van der Waals surface area contributed by atoms with Crippen molar-refractivity contribution in [1.82, 2.24) is 20.2 Å². The first-order valence-electron chi connectivity index (χ1n) is 9.06. The largest absolute Gasteiger partial charge is 0.356 e. The highest BCUT2D eigenvalue weighted by Crippen LogP contribution is 2.11. The Labute approximate surface area is 178 Å². The number of fused-ring (bicyclic) bond motifs is 1. The molecule has 2 N–H and O–H groups in total. The van der Waals surface area contributed by atoms with Crippen molar-refractivity contribution >= 4 is 41.0 Å². The molecule has 6 heteroatoms. The Balaban J connectivity index is 0.00000261. The predicted octanol–water partition coefficient (Wildman–Crippen LogP) is 4.13. The number of nitrogens with zero attached hydrogens (tertiary/aromatic N) is 3. The van der Waals surface area contributed by atoms with Gasteiger partial charge in [-0.15, -0.1) is 24.0 Å². The van der Waals surface area contributed by atoms with Gasteiger partial charge in [0.15, 0.2) is 5.96 Å². The van der Waals surface area contributed by atoms with Crippen molar-refractivity contribution in [2.24, 2.45) is 4.99 Å². The Morgan fingerprint density at radius 2 is 1.89 bits per heavy atom. The highest BCUT2D eigenvalue weighted by Gasteiger charge is 2.07. The quantitative estimate of drug-likeness (QED) is 0.243. The van der Waals surface area contributed by atoms with Crippen LogP contribution in [0, 0.1) is 6.92 Å². The second kappa shape index (κ2) is 10.3. The summed E-state index contributed by atoms with van der Waals surface area (Å²) in [6.07, 6.45) is 1.91. The van der Waals surface area contributed by atoms with Crippen LogP contribution in [0.5, 0.6) is 0 Å². The summed E-state index contributed by atoms with van der Waals surface area (Å²) >= 11 is 0. The van der Waals surface area contributed by atoms with Crippen LogP contribution in [0.4, 0.5) is 0 Å². The maximum absolute atomic E-state index is 4.62. The van der Waals surface area contributed by atoms with E-state index in [4.69, 9.17) is 0 Å². The molecule has 3 aromatic rings. The molecule has 0 aliphatic heterocycles. The number of halogens is 1. The molecular weight excluding hydrogens is 449 g/mol. The molecule has 27 heavy (non-hydrogen) atoms. The van der Waals surface area contributed by atoms with Gasteiger partial charge in [0, 0.05) is 33.6 Å². The van der Waals surface area contributed by atoms with E-state index in [0.29, 0.717) is 0 Å². The van der Waals surface area contributed by atoms with Crippen LogP contribution in [0.1, 0.15) is 23.4 Å². The van der Waals surface area contributed by atoms with Gasteiger partial charge in [-0.1, -0.05) is 42.0 Å². The standard InChI is InChI=1S/C21H27N5.HI/c1-16-10-12-17(13-11-16)15-26(3)21(22-2)23-14-6-9-20-24-18-7-4-5-8-19(18)25-20;/h4-5,7-8,10-13H,6,9,14-15H2,1-3H3,(H,22,23)(H,24,25);1H. The smallest absolute Gasteiger partial charge is 0.193 e. The SMILES string of the molecule is CN=C(NCCCc1nc2ccccc2[nH]1)N(C)Cc1ccc(C)cc1.I. The van der Waals surface area contributed by atoms with Gasteiger partial charge < -0.3 is 15.2 Å². The minimum atomic E-state index is 0. The number of aliphatic imine (C=N–C) groups is 1. The van der Waals surface area contributed by atoms with Crippen molar-refractivity contribution in [3.05, 3.63) is 65.5 Å². The third-order valence-electron chi connectivity index (χ3n) is 4.43. The van der Waals surface area contributed by atoms with Crippen LogP contribution in [0.25, 0.3) is 11.0 Å². The lowest BCUT2D eigenvalue weighted by Gasteiger charge is -2.22. The Hall–Kier alpha value is -2.09. The molecule has 5 nitrogen and oxygen atoms in total. The number of aryl methyl sites for hydroxylation is 2. The summed E-state index contributed by atoms with van der Waals surface area (Å²) in [6, 6.07) is 16.8. The molecule has 0 unspecified atom stereocenters. The fourth-order valence-electron chi connectivity index (χ4n) is 3.01. The number of H-pyrrole nitrogens is 1. The molecule has 1 aromatic heterocycles. The normalized spacial score (nSPS) is 11.3. The van der Waals surface area contributed by atoms with Gasteiger partial charge in [-0.05, 0) is 31.0 Å². The molecule has 0 fully saturated rings. The Bertz CT molecular complexity index is 837. The molecule has 0 radical (unpaired) electrons. The van der Waals surface area contributed by atoms with E-state index >= 15 is 0 Å². The zero-order valence-corrected chi connectivity index (χ0v) is 18.5. The van der Waals surface area contributed by atoms with E-state index in [0.717, 1.165) is 48.7 Å². The summed E-state index contributed by atoms with van der Waals surface area (Å²) in [7, 11) is 3.89. The molecule has 0 bridgehead atoms. The molecule has 0 saturated carbocycles. The number of benzene rings is 2. The van der Waals surface area contributed by atoms with Gasteiger partial charge in [0.25, 0.3) is 0 Å². The first-order chi connectivity index (χ1) is 12.7. The van der Waals surface area contributed by atoms with Crippen molar-refractivity contribution < 1.29 is 0 Å². The summed E-state index contributed by atoms with van der Waals surface area (Å²) in [5, 5.41) is 3.44. The van der Waals surface area contributed by atoms with E-state index in [-0.39, 0.29) is 24.0 Å². The van der Waals surface area contributed by atoms with Crippen molar-refractivity contribution in [3.63, 3.8) is 0 Å². The maximum atomic E-state index is 4.62. The third kappa shape index (κ3) is 5.95. The maximum Gasteiger partial charge on any atom is 0.193 e. The van der Waals surface area contributed by atoms with Crippen LogP contribution in [-0.4, -0.2) is 41.5 Å². The van der Waals surface area contributed by atoms with E-state index in [1.54, 1.807) is 0 Å². The highest BCUT2D eigenvalue weighted by molar-refractivity contribution is 14.0. The fraction of sp³-hybridized carbons (Fsp3) is 0.333. The Kier molecular flexibility index (Phi) is 8.09. The van der Waals surface area contributed by atoms with Crippen molar-refractivity contribution in [3.8, 4) is 0 Å². The molecular formula is C21H28IN5. The van der Waals surface area contributed by atoms with Crippen LogP contribution < -0.4 is 5.32 Å². The second-order valence-corrected chi connectivity index (χ2v) is 6.62.